The monoisotopic (exact) mass is 219 g/mol. The highest BCUT2D eigenvalue weighted by molar-refractivity contribution is 6.02. The van der Waals surface area contributed by atoms with Crippen LogP contribution in [0.4, 0.5) is 0 Å². The van der Waals surface area contributed by atoms with Gasteiger partial charge in [0, 0.05) is 12.3 Å². The van der Waals surface area contributed by atoms with Gasteiger partial charge in [0.2, 0.25) is 0 Å². The van der Waals surface area contributed by atoms with Gasteiger partial charge in [0.25, 0.3) is 11.8 Å². The molecule has 1 heterocycles. The van der Waals surface area contributed by atoms with E-state index in [0.29, 0.717) is 0 Å². The van der Waals surface area contributed by atoms with Crippen LogP contribution in [0.5, 0.6) is 0 Å². The molecule has 0 aromatic heterocycles. The van der Waals surface area contributed by atoms with E-state index in [1.54, 1.807) is 6.92 Å². The van der Waals surface area contributed by atoms with Crippen molar-refractivity contribution >= 4 is 11.8 Å². The maximum Gasteiger partial charge on any atom is 0.256 e. The van der Waals surface area contributed by atoms with Crippen LogP contribution >= 0.6 is 0 Å². The Bertz CT molecular complexity index is 402. The van der Waals surface area contributed by atoms with Crippen molar-refractivity contribution in [1.82, 2.24) is 5.06 Å². The van der Waals surface area contributed by atoms with Crippen molar-refractivity contribution in [3.63, 3.8) is 0 Å². The summed E-state index contributed by atoms with van der Waals surface area (Å²) in [4.78, 5) is 28.1. The molecule has 1 aliphatic heterocycles. The number of imide groups is 1. The van der Waals surface area contributed by atoms with E-state index in [1.807, 2.05) is 30.3 Å². The van der Waals surface area contributed by atoms with E-state index in [-0.39, 0.29) is 30.8 Å². The van der Waals surface area contributed by atoms with E-state index in [0.717, 1.165) is 10.6 Å². The molecular weight excluding hydrogens is 206 g/mol. The van der Waals surface area contributed by atoms with Gasteiger partial charge in [-0.2, -0.15) is 5.06 Å². The largest absolute Gasteiger partial charge is 0.272 e. The summed E-state index contributed by atoms with van der Waals surface area (Å²) in [6.07, 6.45) is 0.244. The summed E-state index contributed by atoms with van der Waals surface area (Å²) < 4.78 is 0. The van der Waals surface area contributed by atoms with Crippen LogP contribution in [-0.4, -0.2) is 16.9 Å². The maximum atomic E-state index is 11.5. The van der Waals surface area contributed by atoms with E-state index in [4.69, 9.17) is 4.84 Å². The van der Waals surface area contributed by atoms with Crippen molar-refractivity contribution in [1.29, 1.82) is 0 Å². The molecule has 0 bridgehead atoms. The zero-order valence-electron chi connectivity index (χ0n) is 9.05. The summed E-state index contributed by atoms with van der Waals surface area (Å²) in [6, 6.07) is 9.44. The Hall–Kier alpha value is -1.68. The van der Waals surface area contributed by atoms with Gasteiger partial charge in [-0.3, -0.25) is 14.4 Å². The number of amides is 2. The lowest BCUT2D eigenvalue weighted by atomic mass is 10.1. The Labute approximate surface area is 93.8 Å². The molecule has 16 heavy (non-hydrogen) atoms. The van der Waals surface area contributed by atoms with Crippen molar-refractivity contribution in [3.8, 4) is 0 Å². The smallest absolute Gasteiger partial charge is 0.256 e. The second-order valence-corrected chi connectivity index (χ2v) is 3.89. The molecule has 0 radical (unpaired) electrons. The summed E-state index contributed by atoms with van der Waals surface area (Å²) in [7, 11) is 0. The van der Waals surface area contributed by atoms with Crippen LogP contribution in [0.2, 0.25) is 0 Å². The first kappa shape index (κ1) is 10.8. The molecule has 1 aromatic rings. The van der Waals surface area contributed by atoms with Crippen LogP contribution in [0.1, 0.15) is 18.9 Å². The number of nitrogens with zero attached hydrogens (tertiary/aromatic N) is 1. The number of benzene rings is 1. The van der Waals surface area contributed by atoms with Gasteiger partial charge < -0.3 is 0 Å². The fraction of sp³-hybridized carbons (Fsp3) is 0.333. The minimum Gasteiger partial charge on any atom is -0.272 e. The van der Waals surface area contributed by atoms with Crippen LogP contribution in [0, 0.1) is 5.92 Å². The SMILES string of the molecule is C[C@H]1CC(=O)N(OCc2ccccc2)C1=O. The van der Waals surface area contributed by atoms with Crippen molar-refractivity contribution in [2.24, 2.45) is 5.92 Å². The highest BCUT2D eigenvalue weighted by Crippen LogP contribution is 2.19. The van der Waals surface area contributed by atoms with Crippen LogP contribution < -0.4 is 0 Å². The molecule has 1 atom stereocenters. The van der Waals surface area contributed by atoms with E-state index in [1.165, 1.54) is 0 Å². The lowest BCUT2D eigenvalue weighted by Crippen LogP contribution is -2.30. The van der Waals surface area contributed by atoms with Crippen molar-refractivity contribution in [2.45, 2.75) is 20.0 Å². The summed E-state index contributed by atoms with van der Waals surface area (Å²) in [5.41, 5.74) is 0.933. The van der Waals surface area contributed by atoms with Crippen LogP contribution in [0.15, 0.2) is 30.3 Å². The molecule has 2 amide bonds. The van der Waals surface area contributed by atoms with Crippen LogP contribution in [0.25, 0.3) is 0 Å². The lowest BCUT2D eigenvalue weighted by molar-refractivity contribution is -0.192. The van der Waals surface area contributed by atoms with Crippen LogP contribution in [0.3, 0.4) is 0 Å². The third kappa shape index (κ3) is 2.12. The van der Waals surface area contributed by atoms with Gasteiger partial charge in [-0.05, 0) is 5.56 Å². The zero-order valence-corrected chi connectivity index (χ0v) is 9.05. The standard InChI is InChI=1S/C12H13NO3/c1-9-7-11(14)13(12(9)15)16-8-10-5-3-2-4-6-10/h2-6,9H,7-8H2,1H3/t9-/m0/s1. The third-order valence-corrected chi connectivity index (χ3v) is 2.53. The first-order valence-electron chi connectivity index (χ1n) is 5.22. The second-order valence-electron chi connectivity index (χ2n) is 3.89. The summed E-state index contributed by atoms with van der Waals surface area (Å²) >= 11 is 0. The summed E-state index contributed by atoms with van der Waals surface area (Å²) in [6.45, 7) is 1.97. The molecule has 4 nitrogen and oxygen atoms in total. The fourth-order valence-corrected chi connectivity index (χ4v) is 1.60. The molecule has 1 saturated heterocycles. The predicted molar refractivity (Wildman–Crippen MR) is 56.9 cm³/mol. The van der Waals surface area contributed by atoms with Gasteiger partial charge >= 0.3 is 0 Å². The van der Waals surface area contributed by atoms with Crippen molar-refractivity contribution < 1.29 is 14.4 Å². The Morgan fingerprint density at radius 2 is 2.00 bits per heavy atom. The van der Waals surface area contributed by atoms with E-state index in [9.17, 15) is 9.59 Å². The number of hydroxylamine groups is 2. The van der Waals surface area contributed by atoms with Gasteiger partial charge in [0.1, 0.15) is 6.61 Å². The van der Waals surface area contributed by atoms with Gasteiger partial charge in [-0.1, -0.05) is 37.3 Å². The minimum absolute atomic E-state index is 0.241. The van der Waals surface area contributed by atoms with Gasteiger partial charge in [0.15, 0.2) is 0 Å². The normalized spacial score (nSPS) is 20.6. The van der Waals surface area contributed by atoms with E-state index in [2.05, 4.69) is 0 Å². The first-order chi connectivity index (χ1) is 7.68. The molecule has 2 rings (SSSR count). The molecule has 0 spiro atoms. The topological polar surface area (TPSA) is 46.6 Å². The number of carbonyl (C=O) groups excluding carboxylic acids is 2. The molecule has 84 valence electrons. The molecule has 1 fully saturated rings. The lowest BCUT2D eigenvalue weighted by Gasteiger charge is -2.13. The predicted octanol–water partition coefficient (Wildman–Crippen LogP) is 1.51. The van der Waals surface area contributed by atoms with Gasteiger partial charge in [0.05, 0.1) is 0 Å². The Morgan fingerprint density at radius 3 is 2.56 bits per heavy atom. The maximum absolute atomic E-state index is 11.5. The van der Waals surface area contributed by atoms with E-state index < -0.39 is 0 Å². The molecule has 0 unspecified atom stereocenters. The number of hydrogen-bond acceptors (Lipinski definition) is 3. The molecule has 0 N–H and O–H groups in total. The zero-order chi connectivity index (χ0) is 11.5. The Kier molecular flexibility index (Phi) is 3.01. The van der Waals surface area contributed by atoms with Crippen molar-refractivity contribution in [2.75, 3.05) is 0 Å². The Balaban J connectivity index is 1.96. The minimum atomic E-state index is -0.261. The molecular formula is C12H13NO3. The average molecular weight is 219 g/mol. The van der Waals surface area contributed by atoms with Crippen molar-refractivity contribution in [3.05, 3.63) is 35.9 Å². The van der Waals surface area contributed by atoms with Gasteiger partial charge in [-0.25, -0.2) is 0 Å². The third-order valence-electron chi connectivity index (χ3n) is 2.53. The molecule has 0 aliphatic carbocycles. The quantitative estimate of drug-likeness (QED) is 0.724. The van der Waals surface area contributed by atoms with Gasteiger partial charge in [-0.15, -0.1) is 0 Å². The highest BCUT2D eigenvalue weighted by atomic mass is 16.7. The first-order valence-corrected chi connectivity index (χ1v) is 5.22. The number of carbonyl (C=O) groups is 2. The number of hydrogen-bond donors (Lipinski definition) is 0. The summed E-state index contributed by atoms with van der Waals surface area (Å²) in [5.74, 6) is -0.766. The second kappa shape index (κ2) is 4.45. The average Bonchev–Trinajstić information content (AvgIpc) is 2.53. The molecule has 0 saturated carbocycles. The summed E-state index contributed by atoms with van der Waals surface area (Å²) in [5, 5.41) is 0.887. The molecule has 1 aromatic carbocycles. The number of rotatable bonds is 3. The fourth-order valence-electron chi connectivity index (χ4n) is 1.60. The molecule has 1 aliphatic rings. The Morgan fingerprint density at radius 1 is 1.31 bits per heavy atom. The highest BCUT2D eigenvalue weighted by Gasteiger charge is 2.36. The molecule has 4 heteroatoms. The van der Waals surface area contributed by atoms with Crippen LogP contribution in [-0.2, 0) is 21.0 Å². The van der Waals surface area contributed by atoms with E-state index >= 15 is 0 Å².